The van der Waals surface area contributed by atoms with Gasteiger partial charge in [0.25, 0.3) is 0 Å². The molecule has 0 amide bonds. The summed E-state index contributed by atoms with van der Waals surface area (Å²) in [6, 6.07) is 0. The number of allylic oxidation sites excluding steroid dienone is 1. The maximum absolute atomic E-state index is 5.43. The van der Waals surface area contributed by atoms with E-state index in [1.807, 2.05) is 13.8 Å². The van der Waals surface area contributed by atoms with Crippen LogP contribution in [-0.4, -0.2) is 5.17 Å². The van der Waals surface area contributed by atoms with Crippen LogP contribution < -0.4 is 0 Å². The number of aliphatic imine (C=N–C) groups is 1. The van der Waals surface area contributed by atoms with Crippen LogP contribution in [0.25, 0.3) is 0 Å². The minimum absolute atomic E-state index is 0.575. The van der Waals surface area contributed by atoms with Crippen molar-refractivity contribution in [3.63, 3.8) is 0 Å². The largest absolute Gasteiger partial charge is 0.249 e. The molecule has 0 aliphatic carbocycles. The Labute approximate surface area is 55.1 Å². The van der Waals surface area contributed by atoms with Gasteiger partial charge in [0, 0.05) is 6.20 Å². The number of nitrogens with zero attached hydrogens (tertiary/aromatic N) is 1. The lowest BCUT2D eigenvalue weighted by molar-refractivity contribution is 1.34. The Balaban J connectivity index is 3.76. The van der Waals surface area contributed by atoms with Crippen LogP contribution in [0.4, 0.5) is 0 Å². The fourth-order valence-corrected chi connectivity index (χ4v) is 0.267. The van der Waals surface area contributed by atoms with Gasteiger partial charge in [0.05, 0.1) is 0 Å². The van der Waals surface area contributed by atoms with Crippen molar-refractivity contribution in [2.24, 2.45) is 4.99 Å². The lowest BCUT2D eigenvalue weighted by Crippen LogP contribution is -1.70. The Morgan fingerprint density at radius 2 is 1.88 bits per heavy atom. The van der Waals surface area contributed by atoms with E-state index in [0.717, 1.165) is 5.57 Å². The zero-order valence-electron chi connectivity index (χ0n) is 5.40. The summed E-state index contributed by atoms with van der Waals surface area (Å²) in [6.07, 6.45) is 1.74. The van der Waals surface area contributed by atoms with Gasteiger partial charge in [-0.15, -0.1) is 0 Å². The molecule has 0 heterocycles. The van der Waals surface area contributed by atoms with Crippen LogP contribution in [0.5, 0.6) is 0 Å². The third-order valence-corrected chi connectivity index (χ3v) is 0.598. The second kappa shape index (κ2) is 3.67. The lowest BCUT2D eigenvalue weighted by atomic mass is 10.4. The summed E-state index contributed by atoms with van der Waals surface area (Å²) in [5.74, 6) is 0. The molecule has 0 saturated heterocycles. The van der Waals surface area contributed by atoms with Crippen molar-refractivity contribution in [3.05, 3.63) is 11.8 Å². The van der Waals surface area contributed by atoms with Gasteiger partial charge in [-0.05, 0) is 20.8 Å². The van der Waals surface area contributed by atoms with Gasteiger partial charge in [0.1, 0.15) is 5.17 Å². The molecule has 0 aliphatic rings. The van der Waals surface area contributed by atoms with Crippen LogP contribution in [0.3, 0.4) is 0 Å². The molecule has 0 rings (SSSR count). The zero-order chi connectivity index (χ0) is 6.57. The molecule has 0 aromatic rings. The monoisotopic (exact) mass is 131 g/mol. The van der Waals surface area contributed by atoms with Crippen molar-refractivity contribution in [3.8, 4) is 0 Å². The molecule has 0 unspecified atom stereocenters. The van der Waals surface area contributed by atoms with E-state index < -0.39 is 0 Å². The smallest absolute Gasteiger partial charge is 0.103 e. The molecule has 0 aromatic carbocycles. The molecule has 0 fully saturated rings. The van der Waals surface area contributed by atoms with E-state index in [0.29, 0.717) is 5.17 Å². The Kier molecular flexibility index (Phi) is 3.53. The Morgan fingerprint density at radius 3 is 2.00 bits per heavy atom. The first-order valence-electron chi connectivity index (χ1n) is 2.46. The predicted molar refractivity (Wildman–Crippen MR) is 38.4 cm³/mol. The fraction of sp³-hybridized carbons (Fsp3) is 0.500. The first kappa shape index (κ1) is 7.70. The molecule has 46 valence electrons. The average Bonchev–Trinajstić information content (AvgIpc) is 1.61. The number of halogens is 1. The average molecular weight is 132 g/mol. The molecule has 8 heavy (non-hydrogen) atoms. The predicted octanol–water partition coefficient (Wildman–Crippen LogP) is 2.57. The SMILES string of the molecule is CC(C)=C/N=C(\C)Cl. The fourth-order valence-electron chi connectivity index (χ4n) is 0.218. The Bertz CT molecular complexity index is 100. The number of hydrogen-bond acceptors (Lipinski definition) is 1. The molecular weight excluding hydrogens is 122 g/mol. The van der Waals surface area contributed by atoms with Crippen LogP contribution >= 0.6 is 11.6 Å². The summed E-state index contributed by atoms with van der Waals surface area (Å²) in [5.41, 5.74) is 1.16. The second-order valence-corrected chi connectivity index (χ2v) is 2.38. The summed E-state index contributed by atoms with van der Waals surface area (Å²) in [7, 11) is 0. The van der Waals surface area contributed by atoms with Crippen molar-refractivity contribution < 1.29 is 0 Å². The minimum atomic E-state index is 0.575. The number of hydrogen-bond donors (Lipinski definition) is 0. The van der Waals surface area contributed by atoms with Crippen LogP contribution in [0, 0.1) is 0 Å². The van der Waals surface area contributed by atoms with Crippen molar-refractivity contribution in [1.82, 2.24) is 0 Å². The third-order valence-electron chi connectivity index (χ3n) is 0.501. The highest BCUT2D eigenvalue weighted by Crippen LogP contribution is 1.91. The van der Waals surface area contributed by atoms with E-state index >= 15 is 0 Å². The maximum atomic E-state index is 5.43. The molecular formula is C6H10ClN. The van der Waals surface area contributed by atoms with Crippen molar-refractivity contribution in [1.29, 1.82) is 0 Å². The first-order valence-corrected chi connectivity index (χ1v) is 2.84. The summed E-state index contributed by atoms with van der Waals surface area (Å²) in [6.45, 7) is 5.70. The van der Waals surface area contributed by atoms with E-state index in [2.05, 4.69) is 4.99 Å². The standard InChI is InChI=1S/C6H10ClN/c1-5(2)4-8-6(3)7/h4H,1-3H3/b8-6+. The van der Waals surface area contributed by atoms with Crippen molar-refractivity contribution >= 4 is 16.8 Å². The van der Waals surface area contributed by atoms with Crippen LogP contribution in [0.15, 0.2) is 16.8 Å². The van der Waals surface area contributed by atoms with Gasteiger partial charge < -0.3 is 0 Å². The molecule has 1 nitrogen and oxygen atoms in total. The highest BCUT2D eigenvalue weighted by atomic mass is 35.5. The second-order valence-electron chi connectivity index (χ2n) is 1.83. The van der Waals surface area contributed by atoms with Crippen LogP contribution in [-0.2, 0) is 0 Å². The van der Waals surface area contributed by atoms with Crippen molar-refractivity contribution in [2.45, 2.75) is 20.8 Å². The molecule has 0 bridgehead atoms. The molecule has 2 heteroatoms. The summed E-state index contributed by atoms with van der Waals surface area (Å²) < 4.78 is 0. The quantitative estimate of drug-likeness (QED) is 0.485. The van der Waals surface area contributed by atoms with Gasteiger partial charge >= 0.3 is 0 Å². The molecule has 0 N–H and O–H groups in total. The Hall–Kier alpha value is -0.300. The summed E-state index contributed by atoms with van der Waals surface area (Å²) >= 11 is 5.43. The molecule has 0 atom stereocenters. The van der Waals surface area contributed by atoms with Crippen molar-refractivity contribution in [2.75, 3.05) is 0 Å². The van der Waals surface area contributed by atoms with Gasteiger partial charge in [-0.1, -0.05) is 17.2 Å². The summed E-state index contributed by atoms with van der Waals surface area (Å²) in [4.78, 5) is 3.84. The van der Waals surface area contributed by atoms with Gasteiger partial charge in [-0.2, -0.15) is 0 Å². The molecule has 0 radical (unpaired) electrons. The van der Waals surface area contributed by atoms with Crippen LogP contribution in [0.2, 0.25) is 0 Å². The van der Waals surface area contributed by atoms with Gasteiger partial charge in [0.15, 0.2) is 0 Å². The first-order chi connectivity index (χ1) is 3.63. The Morgan fingerprint density at radius 1 is 1.38 bits per heavy atom. The van der Waals surface area contributed by atoms with Gasteiger partial charge in [-0.3, -0.25) is 0 Å². The van der Waals surface area contributed by atoms with E-state index in [9.17, 15) is 0 Å². The van der Waals surface area contributed by atoms with E-state index in [1.54, 1.807) is 13.1 Å². The highest BCUT2D eigenvalue weighted by Gasteiger charge is 1.75. The van der Waals surface area contributed by atoms with E-state index in [-0.39, 0.29) is 0 Å². The normalized spacial score (nSPS) is 11.2. The molecule has 0 aliphatic heterocycles. The molecule has 0 spiro atoms. The lowest BCUT2D eigenvalue weighted by Gasteiger charge is -1.82. The molecule has 0 saturated carbocycles. The zero-order valence-corrected chi connectivity index (χ0v) is 6.16. The number of rotatable bonds is 1. The van der Waals surface area contributed by atoms with E-state index in [1.165, 1.54) is 0 Å². The third kappa shape index (κ3) is 5.70. The maximum Gasteiger partial charge on any atom is 0.103 e. The topological polar surface area (TPSA) is 12.4 Å². The van der Waals surface area contributed by atoms with Gasteiger partial charge in [-0.25, -0.2) is 4.99 Å². The highest BCUT2D eigenvalue weighted by molar-refractivity contribution is 6.64. The summed E-state index contributed by atoms with van der Waals surface area (Å²) in [5, 5.41) is 0.575. The minimum Gasteiger partial charge on any atom is -0.249 e. The van der Waals surface area contributed by atoms with E-state index in [4.69, 9.17) is 11.6 Å². The molecule has 0 aromatic heterocycles. The van der Waals surface area contributed by atoms with Crippen LogP contribution in [0.1, 0.15) is 20.8 Å². The van der Waals surface area contributed by atoms with Gasteiger partial charge in [0.2, 0.25) is 0 Å².